The number of hydrogen-bond acceptors (Lipinski definition) is 11. The van der Waals surface area contributed by atoms with Gasteiger partial charge in [0.1, 0.15) is 29.0 Å². The number of nitrogens with one attached hydrogen (secondary N) is 2. The molecule has 3 aromatic heterocycles. The average molecular weight is 805 g/mol. The molecule has 308 valence electrons. The third-order valence-corrected chi connectivity index (χ3v) is 13.0. The number of rotatable bonds is 9. The number of aromatic nitrogens is 4. The molecule has 0 radical (unpaired) electrons. The minimum Gasteiger partial charge on any atom is -0.370 e. The number of hydrogen-bond donors (Lipinski definition) is 2. The first-order chi connectivity index (χ1) is 28.5. The van der Waals surface area contributed by atoms with Gasteiger partial charge in [-0.15, -0.1) is 0 Å². The molecule has 9 rings (SSSR count). The van der Waals surface area contributed by atoms with E-state index in [1.165, 1.54) is 6.07 Å². The topological polar surface area (TPSA) is 166 Å². The average Bonchev–Trinajstić information content (AvgIpc) is 3.95. The number of likely N-dealkylation sites (tertiary alicyclic amines) is 1. The molecule has 2 N–H and O–H groups in total. The number of benzene rings is 1. The Morgan fingerprint density at radius 1 is 0.881 bits per heavy atom. The second-order valence-corrected chi connectivity index (χ2v) is 16.9. The summed E-state index contributed by atoms with van der Waals surface area (Å²) in [6.45, 7) is 4.44. The number of carbonyl (C=O) groups is 5. The van der Waals surface area contributed by atoms with Gasteiger partial charge in [0, 0.05) is 57.8 Å². The first-order valence-electron chi connectivity index (χ1n) is 20.9. The molecule has 4 aliphatic heterocycles. The second-order valence-electron chi connectivity index (χ2n) is 16.9. The van der Waals surface area contributed by atoms with Crippen LogP contribution in [0.2, 0.25) is 0 Å². The molecule has 16 heteroatoms. The number of imide groups is 2. The highest BCUT2D eigenvalue weighted by Gasteiger charge is 2.45. The van der Waals surface area contributed by atoms with Gasteiger partial charge in [0.05, 0.1) is 23.0 Å². The Morgan fingerprint density at radius 3 is 2.29 bits per heavy atom. The van der Waals surface area contributed by atoms with Gasteiger partial charge in [-0.3, -0.25) is 34.2 Å². The minimum atomic E-state index is -1.08. The summed E-state index contributed by atoms with van der Waals surface area (Å²) in [4.78, 5) is 85.0. The van der Waals surface area contributed by atoms with Crippen LogP contribution in [0.15, 0.2) is 42.7 Å². The maximum absolute atomic E-state index is 15.5. The van der Waals surface area contributed by atoms with Gasteiger partial charge in [-0.1, -0.05) is 12.8 Å². The van der Waals surface area contributed by atoms with Gasteiger partial charge in [0.2, 0.25) is 17.8 Å². The zero-order valence-corrected chi connectivity index (χ0v) is 33.5. The highest BCUT2D eigenvalue weighted by atomic mass is 19.1. The molecule has 3 saturated heterocycles. The van der Waals surface area contributed by atoms with Crippen LogP contribution in [0.4, 0.5) is 21.8 Å². The van der Waals surface area contributed by atoms with E-state index >= 15 is 4.39 Å². The number of halogens is 1. The van der Waals surface area contributed by atoms with E-state index in [0.29, 0.717) is 28.9 Å². The van der Waals surface area contributed by atoms with Crippen molar-refractivity contribution in [1.29, 1.82) is 0 Å². The van der Waals surface area contributed by atoms with E-state index in [1.807, 2.05) is 18.3 Å². The third-order valence-electron chi connectivity index (χ3n) is 13.0. The molecule has 7 heterocycles. The first-order valence-corrected chi connectivity index (χ1v) is 20.9. The minimum absolute atomic E-state index is 0.0292. The lowest BCUT2D eigenvalue weighted by Crippen LogP contribution is -2.54. The number of amides is 5. The van der Waals surface area contributed by atoms with Crippen molar-refractivity contribution in [3.63, 3.8) is 0 Å². The van der Waals surface area contributed by atoms with E-state index in [4.69, 9.17) is 9.97 Å². The van der Waals surface area contributed by atoms with Crippen LogP contribution in [-0.2, 0) is 9.59 Å². The van der Waals surface area contributed by atoms with Crippen LogP contribution in [0.3, 0.4) is 0 Å². The molecule has 1 unspecified atom stereocenters. The maximum Gasteiger partial charge on any atom is 0.270 e. The Balaban J connectivity index is 0.771. The fraction of sp³-hybridized carbons (Fsp3) is 0.488. The molecule has 1 aromatic carbocycles. The Labute approximate surface area is 341 Å². The number of piperidine rings is 3. The van der Waals surface area contributed by atoms with Gasteiger partial charge in [-0.25, -0.2) is 14.4 Å². The standard InChI is InChI=1S/C43H49FN10O5/c1-50(2)42(59)35-19-27-22-46-43(49-38(27)53(35)28-5-3-4-6-28)47-36-9-7-29(23-45-36)52-17-11-25(12-18-52)24-51-15-13-26(14-16-51)30-20-31-32(21-33(30)44)41(58)54(40(31)57)34-8-10-37(55)48-39(34)56/h7,9,19-23,25-26,28,34H,3-6,8,10-18,24H2,1-2H3,(H,48,55,56)(H,45,46,47,49). The Kier molecular flexibility index (Phi) is 10.4. The summed E-state index contributed by atoms with van der Waals surface area (Å²) < 4.78 is 17.6. The van der Waals surface area contributed by atoms with Gasteiger partial charge >= 0.3 is 0 Å². The molecule has 4 aromatic rings. The van der Waals surface area contributed by atoms with E-state index in [2.05, 4.69) is 36.1 Å². The Hall–Kier alpha value is -5.77. The molecule has 1 atom stereocenters. The highest BCUT2D eigenvalue weighted by molar-refractivity contribution is 6.23. The van der Waals surface area contributed by atoms with E-state index in [1.54, 1.807) is 25.2 Å². The van der Waals surface area contributed by atoms with E-state index in [9.17, 15) is 24.0 Å². The predicted molar refractivity (Wildman–Crippen MR) is 217 cm³/mol. The Morgan fingerprint density at radius 2 is 1.61 bits per heavy atom. The summed E-state index contributed by atoms with van der Waals surface area (Å²) in [5, 5.41) is 6.30. The summed E-state index contributed by atoms with van der Waals surface area (Å²) >= 11 is 0. The summed E-state index contributed by atoms with van der Waals surface area (Å²) in [6.07, 6.45) is 11.6. The normalized spacial score (nSPS) is 21.1. The lowest BCUT2D eigenvalue weighted by Gasteiger charge is -2.38. The quantitative estimate of drug-likeness (QED) is 0.218. The third kappa shape index (κ3) is 7.42. The molecule has 1 saturated carbocycles. The van der Waals surface area contributed by atoms with Crippen molar-refractivity contribution in [2.24, 2.45) is 5.92 Å². The van der Waals surface area contributed by atoms with Crippen LogP contribution in [0.5, 0.6) is 0 Å². The van der Waals surface area contributed by atoms with Gasteiger partial charge in [-0.2, -0.15) is 4.98 Å². The van der Waals surface area contributed by atoms with E-state index in [-0.39, 0.29) is 41.8 Å². The van der Waals surface area contributed by atoms with Crippen LogP contribution < -0.4 is 15.5 Å². The van der Waals surface area contributed by atoms with Crippen LogP contribution in [0.1, 0.15) is 113 Å². The summed E-state index contributed by atoms with van der Waals surface area (Å²) in [5.74, 6) is -1.45. The predicted octanol–water partition coefficient (Wildman–Crippen LogP) is 5.02. The highest BCUT2D eigenvalue weighted by Crippen LogP contribution is 2.37. The molecule has 1 aliphatic carbocycles. The van der Waals surface area contributed by atoms with E-state index in [0.717, 1.165) is 112 Å². The van der Waals surface area contributed by atoms with Crippen LogP contribution in [0, 0.1) is 11.7 Å². The summed E-state index contributed by atoms with van der Waals surface area (Å²) in [5.41, 5.74) is 2.99. The number of pyridine rings is 1. The molecular formula is C43H49FN10O5. The monoisotopic (exact) mass is 804 g/mol. The molecular weight excluding hydrogens is 756 g/mol. The zero-order chi connectivity index (χ0) is 40.9. The van der Waals surface area contributed by atoms with Crippen LogP contribution in [0.25, 0.3) is 11.0 Å². The number of fused-ring (bicyclic) bond motifs is 2. The first kappa shape index (κ1) is 38.7. The van der Waals surface area contributed by atoms with Crippen molar-refractivity contribution in [1.82, 2.24) is 39.5 Å². The molecule has 4 fully saturated rings. The largest absolute Gasteiger partial charge is 0.370 e. The number of nitrogens with zero attached hydrogens (tertiary/aromatic N) is 8. The van der Waals surface area contributed by atoms with Crippen LogP contribution >= 0.6 is 0 Å². The molecule has 5 aliphatic rings. The van der Waals surface area contributed by atoms with Crippen molar-refractivity contribution in [2.75, 3.05) is 57.0 Å². The number of carbonyl (C=O) groups excluding carboxylic acids is 5. The van der Waals surface area contributed by atoms with Gasteiger partial charge in [0.15, 0.2) is 0 Å². The maximum atomic E-state index is 15.5. The van der Waals surface area contributed by atoms with Crippen molar-refractivity contribution in [3.8, 4) is 0 Å². The van der Waals surface area contributed by atoms with Gasteiger partial charge < -0.3 is 24.6 Å². The molecule has 0 bridgehead atoms. The second kappa shape index (κ2) is 15.8. The molecule has 5 amide bonds. The Bertz CT molecular complexity index is 2320. The zero-order valence-electron chi connectivity index (χ0n) is 33.5. The van der Waals surface area contributed by atoms with Gasteiger partial charge in [0.25, 0.3) is 17.7 Å². The van der Waals surface area contributed by atoms with E-state index < -0.39 is 35.5 Å². The summed E-state index contributed by atoms with van der Waals surface area (Å²) in [7, 11) is 3.54. The fourth-order valence-electron chi connectivity index (χ4n) is 9.74. The molecule has 0 spiro atoms. The SMILES string of the molecule is CN(C)C(=O)c1cc2cnc(Nc3ccc(N4CCC(CN5CCC(c6cc7c(cc6F)C(=O)N(C6CCC(=O)NC6=O)C7=O)CC5)CC4)cn3)nc2n1C1CCCC1. The van der Waals surface area contributed by atoms with Gasteiger partial charge in [-0.05, 0) is 106 Å². The lowest BCUT2D eigenvalue weighted by molar-refractivity contribution is -0.136. The van der Waals surface area contributed by atoms with Crippen LogP contribution in [-0.4, -0.2) is 117 Å². The smallest absolute Gasteiger partial charge is 0.270 e. The van der Waals surface area contributed by atoms with Crippen molar-refractivity contribution in [2.45, 2.75) is 82.2 Å². The fourth-order valence-corrected chi connectivity index (χ4v) is 9.74. The number of anilines is 3. The van der Waals surface area contributed by atoms with Crippen molar-refractivity contribution < 1.29 is 28.4 Å². The summed E-state index contributed by atoms with van der Waals surface area (Å²) in [6, 6.07) is 7.73. The van der Waals surface area contributed by atoms with Crippen molar-refractivity contribution >= 4 is 58.0 Å². The lowest BCUT2D eigenvalue weighted by atomic mass is 9.86. The molecule has 15 nitrogen and oxygen atoms in total. The molecule has 59 heavy (non-hydrogen) atoms. The van der Waals surface area contributed by atoms with Crippen molar-refractivity contribution in [3.05, 3.63) is 70.9 Å².